The fraction of sp³-hybridized carbons (Fsp3) is 0.231. The molecule has 0 spiro atoms. The van der Waals surface area contributed by atoms with Crippen molar-refractivity contribution in [2.24, 2.45) is 0 Å². The predicted molar refractivity (Wildman–Crippen MR) is 136 cm³/mol. The molecule has 0 saturated carbocycles. The minimum absolute atomic E-state index is 0.333. The lowest BCUT2D eigenvalue weighted by molar-refractivity contribution is 0.0734. The van der Waals surface area contributed by atoms with Crippen LogP contribution >= 0.6 is 23.1 Å². The van der Waals surface area contributed by atoms with Crippen molar-refractivity contribution in [1.82, 2.24) is 14.5 Å². The van der Waals surface area contributed by atoms with Crippen molar-refractivity contribution in [2.45, 2.75) is 18.5 Å². The van der Waals surface area contributed by atoms with Gasteiger partial charge in [0.2, 0.25) is 0 Å². The van der Waals surface area contributed by atoms with Gasteiger partial charge >= 0.3 is 0 Å². The van der Waals surface area contributed by atoms with Gasteiger partial charge in [0.25, 0.3) is 5.91 Å². The smallest absolute Gasteiger partial charge is 0.254 e. The van der Waals surface area contributed by atoms with E-state index in [-0.39, 0.29) is 6.04 Å². The summed E-state index contributed by atoms with van der Waals surface area (Å²) < 4.78 is 54.7. The number of nitrogens with zero attached hydrogens (tertiary/aromatic N) is 3. The van der Waals surface area contributed by atoms with E-state index in [0.29, 0.717) is 49.8 Å². The summed E-state index contributed by atoms with van der Waals surface area (Å²) in [6, 6.07) is 14.2. The summed E-state index contributed by atoms with van der Waals surface area (Å²) in [7, 11) is -2.61. The molecule has 34 heavy (non-hydrogen) atoms. The molecule has 2 atom stereocenters. The van der Waals surface area contributed by atoms with Gasteiger partial charge in [-0.2, -0.15) is 0 Å². The fourth-order valence-corrected chi connectivity index (χ4v) is 6.63. The van der Waals surface area contributed by atoms with Gasteiger partial charge < -0.3 is 14.0 Å². The SMILES string of the molecule is [2H]C([2H])([2H])N1C(=O)c2cccc(Br)c2[C@H]2C[C@@H]1c1nc3ccc(-c4ccc(P(C)(C)=O)cc4F)cc3n12. The zero-order valence-corrected chi connectivity index (χ0v) is 20.9. The number of benzene rings is 3. The Hall–Kier alpha value is -2.76. The highest BCUT2D eigenvalue weighted by molar-refractivity contribution is 9.10. The van der Waals surface area contributed by atoms with Crippen LogP contribution < -0.4 is 5.30 Å². The van der Waals surface area contributed by atoms with Crippen LogP contribution in [0.4, 0.5) is 4.39 Å². The van der Waals surface area contributed by atoms with Gasteiger partial charge in [0.05, 0.1) is 23.1 Å². The Morgan fingerprint density at radius 2 is 1.94 bits per heavy atom. The lowest BCUT2D eigenvalue weighted by Gasteiger charge is -2.24. The van der Waals surface area contributed by atoms with Gasteiger partial charge in [-0.1, -0.05) is 40.2 Å². The van der Waals surface area contributed by atoms with E-state index in [0.717, 1.165) is 10.4 Å². The van der Waals surface area contributed by atoms with Crippen molar-refractivity contribution in [3.8, 4) is 11.1 Å². The number of carbonyl (C=O) groups excluding carboxylic acids is 1. The van der Waals surface area contributed by atoms with Gasteiger partial charge in [-0.15, -0.1) is 0 Å². The number of hydrogen-bond donors (Lipinski definition) is 0. The lowest BCUT2D eigenvalue weighted by Crippen LogP contribution is -2.30. The third-order valence-corrected chi connectivity index (χ3v) is 9.02. The quantitative estimate of drug-likeness (QED) is 0.294. The van der Waals surface area contributed by atoms with Crippen LogP contribution in [-0.4, -0.2) is 40.7 Å². The largest absolute Gasteiger partial charge is 0.331 e. The topological polar surface area (TPSA) is 55.2 Å². The minimum atomic E-state index is -2.66. The van der Waals surface area contributed by atoms with E-state index < -0.39 is 31.9 Å². The van der Waals surface area contributed by atoms with E-state index in [4.69, 9.17) is 9.10 Å². The standard InChI is InChI=1S/C26H22BrFN3O2P/c1-30-23-13-22(24-17(26(30)32)5-4-6-18(24)27)31-21-11-14(7-10-20(21)29-25(23)31)16-9-8-15(12-19(16)28)34(2,3)33/h4-12,22-23H,13H2,1-3H3/t22-,23-/m1/s1/i1D3. The molecule has 0 saturated heterocycles. The Labute approximate surface area is 209 Å². The molecule has 2 aliphatic rings. The second-order valence-electron chi connectivity index (χ2n) is 9.20. The number of rotatable bonds is 2. The van der Waals surface area contributed by atoms with Crippen LogP contribution in [0.1, 0.15) is 44.4 Å². The molecular weight excluding hydrogens is 516 g/mol. The van der Waals surface area contributed by atoms with Crippen LogP contribution in [0, 0.1) is 5.82 Å². The first-order valence-electron chi connectivity index (χ1n) is 12.4. The number of carbonyl (C=O) groups is 1. The van der Waals surface area contributed by atoms with E-state index in [1.165, 1.54) is 6.07 Å². The second-order valence-corrected chi connectivity index (χ2v) is 13.3. The van der Waals surface area contributed by atoms with Crippen molar-refractivity contribution in [3.05, 3.63) is 81.8 Å². The first-order chi connectivity index (χ1) is 17.4. The molecule has 0 unspecified atom stereocenters. The molecule has 5 nitrogen and oxygen atoms in total. The van der Waals surface area contributed by atoms with Crippen LogP contribution in [0.2, 0.25) is 0 Å². The van der Waals surface area contributed by atoms with E-state index >= 15 is 4.39 Å². The van der Waals surface area contributed by atoms with Crippen LogP contribution in [0.15, 0.2) is 59.1 Å². The van der Waals surface area contributed by atoms with Gasteiger partial charge in [0, 0.05) is 44.0 Å². The molecule has 0 aliphatic carbocycles. The van der Waals surface area contributed by atoms with Crippen molar-refractivity contribution in [3.63, 3.8) is 0 Å². The van der Waals surface area contributed by atoms with Gasteiger partial charge in [-0.3, -0.25) is 4.79 Å². The molecule has 1 amide bonds. The number of fused-ring (bicyclic) bond motifs is 9. The summed E-state index contributed by atoms with van der Waals surface area (Å²) in [4.78, 5) is 19.2. The maximum atomic E-state index is 15.2. The highest BCUT2D eigenvalue weighted by atomic mass is 79.9. The van der Waals surface area contributed by atoms with E-state index in [9.17, 15) is 9.36 Å². The van der Waals surface area contributed by atoms with Crippen LogP contribution in [0.5, 0.6) is 0 Å². The molecule has 2 aliphatic heterocycles. The molecule has 6 rings (SSSR count). The highest BCUT2D eigenvalue weighted by Gasteiger charge is 2.44. The van der Waals surface area contributed by atoms with Crippen LogP contribution in [-0.2, 0) is 4.57 Å². The fourth-order valence-electron chi connectivity index (χ4n) is 5.14. The second kappa shape index (κ2) is 7.37. The van der Waals surface area contributed by atoms with Gasteiger partial charge in [-0.25, -0.2) is 9.37 Å². The number of hydrogen-bond acceptors (Lipinski definition) is 3. The van der Waals surface area contributed by atoms with Crippen LogP contribution in [0.3, 0.4) is 0 Å². The summed E-state index contributed by atoms with van der Waals surface area (Å²) >= 11 is 3.58. The summed E-state index contributed by atoms with van der Waals surface area (Å²) in [6.45, 7) is 0.553. The predicted octanol–water partition coefficient (Wildman–Crippen LogP) is 5.97. The first-order valence-corrected chi connectivity index (χ1v) is 14.2. The van der Waals surface area contributed by atoms with Crippen molar-refractivity contribution < 1.29 is 17.9 Å². The van der Waals surface area contributed by atoms with Gasteiger partial charge in [0.1, 0.15) is 18.8 Å². The zero-order chi connectivity index (χ0) is 26.4. The molecule has 8 heteroatoms. The average molecular weight is 541 g/mol. The lowest BCUT2D eigenvalue weighted by atomic mass is 9.98. The highest BCUT2D eigenvalue weighted by Crippen LogP contribution is 2.49. The molecule has 2 bridgehead atoms. The summed E-state index contributed by atoms with van der Waals surface area (Å²) in [5, 5.41) is 0.473. The summed E-state index contributed by atoms with van der Waals surface area (Å²) in [5.74, 6) is -0.518. The summed E-state index contributed by atoms with van der Waals surface area (Å²) in [5.41, 5.74) is 3.40. The normalized spacial score (nSPS) is 21.0. The average Bonchev–Trinajstić information content (AvgIpc) is 3.30. The zero-order valence-electron chi connectivity index (χ0n) is 21.4. The number of imidazole rings is 1. The Bertz CT molecular complexity index is 1680. The third kappa shape index (κ3) is 3.06. The molecule has 0 fully saturated rings. The molecular formula is C26H22BrFN3O2P. The van der Waals surface area contributed by atoms with Gasteiger partial charge in [-0.05, 0) is 49.2 Å². The Morgan fingerprint density at radius 3 is 2.68 bits per heavy atom. The molecule has 0 N–H and O–H groups in total. The molecule has 1 aromatic heterocycles. The molecule has 3 heterocycles. The monoisotopic (exact) mass is 540 g/mol. The minimum Gasteiger partial charge on any atom is -0.331 e. The number of halogens is 2. The molecule has 172 valence electrons. The van der Waals surface area contributed by atoms with Crippen molar-refractivity contribution >= 4 is 45.3 Å². The summed E-state index contributed by atoms with van der Waals surface area (Å²) in [6.07, 6.45) is 0.369. The van der Waals surface area contributed by atoms with E-state index in [1.807, 2.05) is 16.7 Å². The number of aromatic nitrogens is 2. The Morgan fingerprint density at radius 1 is 1.12 bits per heavy atom. The van der Waals surface area contributed by atoms with Crippen molar-refractivity contribution in [2.75, 3.05) is 20.3 Å². The third-order valence-electron chi connectivity index (χ3n) is 6.81. The van der Waals surface area contributed by atoms with E-state index in [1.54, 1.807) is 49.7 Å². The number of amides is 1. The Kier molecular flexibility index (Phi) is 4.02. The molecule has 3 aromatic carbocycles. The first kappa shape index (κ1) is 18.6. The molecule has 4 aromatic rings. The molecule has 0 radical (unpaired) electrons. The van der Waals surface area contributed by atoms with Crippen LogP contribution in [0.25, 0.3) is 22.2 Å². The van der Waals surface area contributed by atoms with E-state index in [2.05, 4.69) is 15.9 Å². The van der Waals surface area contributed by atoms with Crippen molar-refractivity contribution in [1.29, 1.82) is 0 Å². The van der Waals surface area contributed by atoms with Gasteiger partial charge in [0.15, 0.2) is 0 Å². The maximum Gasteiger partial charge on any atom is 0.254 e. The Balaban J connectivity index is 1.58. The maximum absolute atomic E-state index is 15.2.